The zero-order valence-corrected chi connectivity index (χ0v) is 21.9. The minimum Gasteiger partial charge on any atom is -0.350 e. The Balaban J connectivity index is 1.54. The average molecular weight is 550 g/mol. The van der Waals surface area contributed by atoms with Crippen LogP contribution in [0.2, 0.25) is 0 Å². The van der Waals surface area contributed by atoms with E-state index in [9.17, 15) is 14.4 Å². The Kier molecular flexibility index (Phi) is 7.42. The molecule has 2 N–H and O–H groups in total. The first kappa shape index (κ1) is 24.8. The van der Waals surface area contributed by atoms with Gasteiger partial charge in [0.1, 0.15) is 10.6 Å². The lowest BCUT2D eigenvalue weighted by atomic mass is 10.2. The fourth-order valence-corrected chi connectivity index (χ4v) is 4.71. The van der Waals surface area contributed by atoms with Crippen LogP contribution in [0, 0.1) is 6.92 Å². The van der Waals surface area contributed by atoms with Crippen molar-refractivity contribution >= 4 is 56.8 Å². The summed E-state index contributed by atoms with van der Waals surface area (Å²) in [4.78, 5) is 41.1. The van der Waals surface area contributed by atoms with Crippen molar-refractivity contribution < 1.29 is 14.4 Å². The Labute approximate surface area is 216 Å². The van der Waals surface area contributed by atoms with Gasteiger partial charge in [-0.15, -0.1) is 0 Å². The molecule has 4 rings (SSSR count). The van der Waals surface area contributed by atoms with E-state index in [1.54, 1.807) is 24.3 Å². The summed E-state index contributed by atoms with van der Waals surface area (Å²) >= 11 is 4.59. The number of benzene rings is 3. The number of aryl methyl sites for hydroxylation is 1. The highest BCUT2D eigenvalue weighted by molar-refractivity contribution is 9.10. The SMILES string of the molecule is Cc1ccc(NC2=C(Sc3ccc(NC(=O)c4ccc(Br)cc4)cc3)C(=O)N(C(C)C)C2=O)cc1. The van der Waals surface area contributed by atoms with E-state index in [1.807, 2.05) is 69.3 Å². The number of anilines is 2. The van der Waals surface area contributed by atoms with Crippen molar-refractivity contribution in [1.29, 1.82) is 0 Å². The zero-order chi connectivity index (χ0) is 25.1. The molecule has 3 aromatic rings. The number of hydrogen-bond donors (Lipinski definition) is 2. The van der Waals surface area contributed by atoms with E-state index in [1.165, 1.54) is 16.7 Å². The maximum Gasteiger partial charge on any atom is 0.278 e. The molecule has 6 nitrogen and oxygen atoms in total. The van der Waals surface area contributed by atoms with Gasteiger partial charge in [0.2, 0.25) is 0 Å². The number of carbonyl (C=O) groups excluding carboxylic acids is 3. The first-order chi connectivity index (χ1) is 16.7. The molecular weight excluding hydrogens is 526 g/mol. The van der Waals surface area contributed by atoms with Crippen LogP contribution in [0.5, 0.6) is 0 Å². The number of nitrogens with one attached hydrogen (secondary N) is 2. The summed E-state index contributed by atoms with van der Waals surface area (Å²) in [6.45, 7) is 5.62. The van der Waals surface area contributed by atoms with Crippen molar-refractivity contribution in [2.24, 2.45) is 0 Å². The maximum atomic E-state index is 13.1. The molecule has 0 atom stereocenters. The molecule has 0 aliphatic carbocycles. The highest BCUT2D eigenvalue weighted by Gasteiger charge is 2.40. The second-order valence-corrected chi connectivity index (χ2v) is 10.4. The molecule has 3 amide bonds. The third-order valence-corrected chi connectivity index (χ3v) is 6.97. The first-order valence-corrected chi connectivity index (χ1v) is 12.6. The van der Waals surface area contributed by atoms with Crippen LogP contribution in [-0.4, -0.2) is 28.7 Å². The molecule has 0 saturated carbocycles. The third-order valence-electron chi connectivity index (χ3n) is 5.35. The predicted octanol–water partition coefficient (Wildman–Crippen LogP) is 6.20. The third kappa shape index (κ3) is 5.66. The van der Waals surface area contributed by atoms with Gasteiger partial charge in [0.05, 0.1) is 0 Å². The molecule has 0 spiro atoms. The van der Waals surface area contributed by atoms with E-state index in [0.29, 0.717) is 16.2 Å². The molecule has 178 valence electrons. The van der Waals surface area contributed by atoms with E-state index in [-0.39, 0.29) is 29.5 Å². The quantitative estimate of drug-likeness (QED) is 0.343. The van der Waals surface area contributed by atoms with Gasteiger partial charge in [-0.2, -0.15) is 0 Å². The Morgan fingerprint density at radius 2 is 1.46 bits per heavy atom. The standard InChI is InChI=1S/C27H24BrN3O3S/c1-16(2)31-26(33)23(29-20-10-4-17(3)5-11-20)24(27(31)34)35-22-14-12-21(13-15-22)30-25(32)18-6-8-19(28)9-7-18/h4-16,29H,1-3H3,(H,30,32). The van der Waals surface area contributed by atoms with E-state index in [4.69, 9.17) is 0 Å². The lowest BCUT2D eigenvalue weighted by Gasteiger charge is -2.19. The van der Waals surface area contributed by atoms with Gasteiger partial charge in [0.25, 0.3) is 17.7 Å². The first-order valence-electron chi connectivity index (χ1n) is 11.0. The van der Waals surface area contributed by atoms with Gasteiger partial charge in [0, 0.05) is 32.3 Å². The van der Waals surface area contributed by atoms with Crippen LogP contribution in [0.25, 0.3) is 0 Å². The van der Waals surface area contributed by atoms with E-state index >= 15 is 0 Å². The van der Waals surface area contributed by atoms with E-state index in [2.05, 4.69) is 26.6 Å². The van der Waals surface area contributed by atoms with Crippen molar-refractivity contribution in [3.63, 3.8) is 0 Å². The van der Waals surface area contributed by atoms with Gasteiger partial charge in [-0.25, -0.2) is 0 Å². The molecule has 0 bridgehead atoms. The van der Waals surface area contributed by atoms with Crippen LogP contribution < -0.4 is 10.6 Å². The average Bonchev–Trinajstić information content (AvgIpc) is 3.06. The van der Waals surface area contributed by atoms with Gasteiger partial charge in [-0.3, -0.25) is 19.3 Å². The van der Waals surface area contributed by atoms with Gasteiger partial charge >= 0.3 is 0 Å². The summed E-state index contributed by atoms with van der Waals surface area (Å²) in [5, 5.41) is 6.01. The smallest absolute Gasteiger partial charge is 0.278 e. The van der Waals surface area contributed by atoms with Crippen molar-refractivity contribution in [3.05, 3.63) is 99.0 Å². The van der Waals surface area contributed by atoms with Gasteiger partial charge in [-0.1, -0.05) is 45.4 Å². The molecule has 8 heteroatoms. The number of nitrogens with zero attached hydrogens (tertiary/aromatic N) is 1. The molecule has 3 aromatic carbocycles. The van der Waals surface area contributed by atoms with E-state index in [0.717, 1.165) is 20.6 Å². The second-order valence-electron chi connectivity index (χ2n) is 8.36. The van der Waals surface area contributed by atoms with Crippen LogP contribution >= 0.6 is 27.7 Å². The lowest BCUT2D eigenvalue weighted by molar-refractivity contribution is -0.139. The topological polar surface area (TPSA) is 78.5 Å². The van der Waals surface area contributed by atoms with Crippen LogP contribution in [-0.2, 0) is 9.59 Å². The summed E-state index contributed by atoms with van der Waals surface area (Å²) in [6, 6.07) is 21.6. The number of carbonyl (C=O) groups is 3. The monoisotopic (exact) mass is 549 g/mol. The molecule has 1 aliphatic rings. The van der Waals surface area contributed by atoms with Gasteiger partial charge < -0.3 is 10.6 Å². The minimum absolute atomic E-state index is 0.214. The fraction of sp³-hybridized carbons (Fsp3) is 0.148. The Bertz CT molecular complexity index is 1300. The van der Waals surface area contributed by atoms with Crippen molar-refractivity contribution in [2.75, 3.05) is 10.6 Å². The summed E-state index contributed by atoms with van der Waals surface area (Å²) < 4.78 is 0.900. The summed E-state index contributed by atoms with van der Waals surface area (Å²) in [6.07, 6.45) is 0. The van der Waals surface area contributed by atoms with Crippen molar-refractivity contribution in [3.8, 4) is 0 Å². The Hall–Kier alpha value is -3.36. The molecule has 35 heavy (non-hydrogen) atoms. The molecular formula is C27H24BrN3O3S. The highest BCUT2D eigenvalue weighted by atomic mass is 79.9. The van der Waals surface area contributed by atoms with Gasteiger partial charge in [-0.05, 0) is 81.4 Å². The highest BCUT2D eigenvalue weighted by Crippen LogP contribution is 2.37. The largest absolute Gasteiger partial charge is 0.350 e. The number of thioether (sulfide) groups is 1. The molecule has 0 aromatic heterocycles. The van der Waals surface area contributed by atoms with Crippen molar-refractivity contribution in [1.82, 2.24) is 4.90 Å². The number of imide groups is 1. The normalized spacial score (nSPS) is 13.6. The molecule has 0 radical (unpaired) electrons. The van der Waals surface area contributed by atoms with E-state index < -0.39 is 0 Å². The van der Waals surface area contributed by atoms with Crippen LogP contribution in [0.15, 0.2) is 92.8 Å². The minimum atomic E-state index is -0.341. The predicted molar refractivity (Wildman–Crippen MR) is 143 cm³/mol. The summed E-state index contributed by atoms with van der Waals surface area (Å²) in [7, 11) is 0. The van der Waals surface area contributed by atoms with Crippen molar-refractivity contribution in [2.45, 2.75) is 31.7 Å². The number of rotatable bonds is 7. The number of halogens is 1. The fourth-order valence-electron chi connectivity index (χ4n) is 3.51. The number of amides is 3. The molecule has 0 saturated heterocycles. The van der Waals surface area contributed by atoms with Crippen LogP contribution in [0.1, 0.15) is 29.8 Å². The Morgan fingerprint density at radius 3 is 2.06 bits per heavy atom. The van der Waals surface area contributed by atoms with Crippen LogP contribution in [0.4, 0.5) is 11.4 Å². The summed E-state index contributed by atoms with van der Waals surface area (Å²) in [5.74, 6) is -0.877. The number of hydrogen-bond acceptors (Lipinski definition) is 5. The molecule has 1 aliphatic heterocycles. The second kappa shape index (κ2) is 10.5. The lowest BCUT2D eigenvalue weighted by Crippen LogP contribution is -2.38. The molecule has 0 fully saturated rings. The zero-order valence-electron chi connectivity index (χ0n) is 19.5. The molecule has 0 unspecified atom stereocenters. The van der Waals surface area contributed by atoms with Gasteiger partial charge in [0.15, 0.2) is 0 Å². The Morgan fingerprint density at radius 1 is 0.857 bits per heavy atom. The summed E-state index contributed by atoms with van der Waals surface area (Å²) in [5.41, 5.74) is 3.29. The maximum absolute atomic E-state index is 13.1. The molecule has 1 heterocycles. The van der Waals surface area contributed by atoms with Crippen LogP contribution in [0.3, 0.4) is 0 Å².